The fraction of sp³-hybridized carbons (Fsp3) is 0.125. The average molecular weight is 267 g/mol. The number of para-hydroxylation sites is 1. The van der Waals surface area contributed by atoms with Gasteiger partial charge in [-0.3, -0.25) is 4.79 Å². The molecule has 2 rings (SSSR count). The van der Waals surface area contributed by atoms with Gasteiger partial charge in [0.2, 0.25) is 6.10 Å². The van der Waals surface area contributed by atoms with Crippen LogP contribution in [0, 0.1) is 11.3 Å². The second kappa shape index (κ2) is 6.39. The Morgan fingerprint density at radius 2 is 1.65 bits per heavy atom. The molecule has 2 aromatic carbocycles. The van der Waals surface area contributed by atoms with Crippen LogP contribution in [0.3, 0.4) is 0 Å². The van der Waals surface area contributed by atoms with E-state index in [2.05, 4.69) is 0 Å². The van der Waals surface area contributed by atoms with Gasteiger partial charge in [-0.1, -0.05) is 30.3 Å². The minimum atomic E-state index is -0.890. The fourth-order valence-corrected chi connectivity index (χ4v) is 1.67. The summed E-state index contributed by atoms with van der Waals surface area (Å²) < 4.78 is 10.5. The Kier molecular flexibility index (Phi) is 4.35. The summed E-state index contributed by atoms with van der Waals surface area (Å²) in [5.41, 5.74) is 0.614. The Balaban J connectivity index is 2.10. The third kappa shape index (κ3) is 3.59. The van der Waals surface area contributed by atoms with E-state index in [4.69, 9.17) is 14.7 Å². The largest absolute Gasteiger partial charge is 0.457 e. The molecular formula is C16H13NO3. The lowest BCUT2D eigenvalue weighted by molar-refractivity contribution is -0.144. The van der Waals surface area contributed by atoms with Crippen molar-refractivity contribution in [2.75, 3.05) is 0 Å². The van der Waals surface area contributed by atoms with Gasteiger partial charge in [-0.25, -0.2) is 0 Å². The van der Waals surface area contributed by atoms with Gasteiger partial charge in [0.15, 0.2) is 0 Å². The normalized spacial score (nSPS) is 11.2. The first-order valence-electron chi connectivity index (χ1n) is 6.09. The Hall–Kier alpha value is -2.80. The molecule has 0 heterocycles. The average Bonchev–Trinajstić information content (AvgIpc) is 2.46. The van der Waals surface area contributed by atoms with E-state index < -0.39 is 12.1 Å². The first-order chi connectivity index (χ1) is 9.69. The molecule has 0 aliphatic heterocycles. The van der Waals surface area contributed by atoms with Crippen LogP contribution in [0.15, 0.2) is 54.6 Å². The van der Waals surface area contributed by atoms with Crippen molar-refractivity contribution in [3.05, 3.63) is 60.2 Å². The van der Waals surface area contributed by atoms with Crippen LogP contribution >= 0.6 is 0 Å². The number of carbonyl (C=O) groups excluding carboxylic acids is 1. The molecule has 0 aliphatic rings. The lowest BCUT2D eigenvalue weighted by atomic mass is 10.1. The second-order valence-corrected chi connectivity index (χ2v) is 4.10. The molecule has 0 amide bonds. The van der Waals surface area contributed by atoms with Crippen molar-refractivity contribution >= 4 is 5.97 Å². The second-order valence-electron chi connectivity index (χ2n) is 4.10. The van der Waals surface area contributed by atoms with Crippen LogP contribution in [0.2, 0.25) is 0 Å². The van der Waals surface area contributed by atoms with Gasteiger partial charge < -0.3 is 9.47 Å². The maximum absolute atomic E-state index is 10.9. The summed E-state index contributed by atoms with van der Waals surface area (Å²) in [6, 6.07) is 18.2. The van der Waals surface area contributed by atoms with Crippen LogP contribution in [0.25, 0.3) is 0 Å². The molecule has 1 atom stereocenters. The van der Waals surface area contributed by atoms with E-state index in [1.807, 2.05) is 36.4 Å². The summed E-state index contributed by atoms with van der Waals surface area (Å²) in [5.74, 6) is 0.901. The fourth-order valence-electron chi connectivity index (χ4n) is 1.67. The third-order valence-corrected chi connectivity index (χ3v) is 2.56. The van der Waals surface area contributed by atoms with Crippen LogP contribution in [-0.2, 0) is 9.53 Å². The Bertz CT molecular complexity index is 614. The first kappa shape index (κ1) is 13.6. The molecule has 0 bridgehead atoms. The Morgan fingerprint density at radius 1 is 1.05 bits per heavy atom. The molecule has 0 spiro atoms. The van der Waals surface area contributed by atoms with Crippen molar-refractivity contribution in [1.29, 1.82) is 5.26 Å². The van der Waals surface area contributed by atoms with E-state index >= 15 is 0 Å². The summed E-state index contributed by atoms with van der Waals surface area (Å²) in [5, 5.41) is 8.97. The van der Waals surface area contributed by atoms with Crippen molar-refractivity contribution in [2.24, 2.45) is 0 Å². The van der Waals surface area contributed by atoms with Gasteiger partial charge in [-0.15, -0.1) is 0 Å². The number of hydrogen-bond acceptors (Lipinski definition) is 4. The van der Waals surface area contributed by atoms with Gasteiger partial charge in [0.1, 0.15) is 17.6 Å². The van der Waals surface area contributed by atoms with Crippen molar-refractivity contribution in [2.45, 2.75) is 13.0 Å². The lowest BCUT2D eigenvalue weighted by Crippen LogP contribution is -2.06. The molecule has 0 unspecified atom stereocenters. The van der Waals surface area contributed by atoms with Crippen LogP contribution in [0.1, 0.15) is 18.6 Å². The molecule has 0 aromatic heterocycles. The summed E-state index contributed by atoms with van der Waals surface area (Å²) in [4.78, 5) is 10.9. The van der Waals surface area contributed by atoms with Gasteiger partial charge in [-0.2, -0.15) is 5.26 Å². The molecule has 4 heteroatoms. The molecule has 0 saturated heterocycles. The highest BCUT2D eigenvalue weighted by Gasteiger charge is 2.13. The van der Waals surface area contributed by atoms with E-state index in [0.717, 1.165) is 5.75 Å². The van der Waals surface area contributed by atoms with Crippen molar-refractivity contribution in [3.8, 4) is 17.6 Å². The van der Waals surface area contributed by atoms with Gasteiger partial charge in [0.25, 0.3) is 0 Å². The number of ether oxygens (including phenoxy) is 2. The maximum atomic E-state index is 10.9. The Morgan fingerprint density at radius 3 is 2.20 bits per heavy atom. The molecule has 2 aromatic rings. The molecular weight excluding hydrogens is 254 g/mol. The zero-order valence-corrected chi connectivity index (χ0v) is 10.9. The van der Waals surface area contributed by atoms with Gasteiger partial charge >= 0.3 is 5.97 Å². The lowest BCUT2D eigenvalue weighted by Gasteiger charge is -2.10. The predicted octanol–water partition coefficient (Wildman–Crippen LogP) is 3.61. The van der Waals surface area contributed by atoms with E-state index in [9.17, 15) is 4.79 Å². The zero-order chi connectivity index (χ0) is 14.4. The van der Waals surface area contributed by atoms with Gasteiger partial charge in [0, 0.05) is 12.5 Å². The minimum absolute atomic E-state index is 0.485. The topological polar surface area (TPSA) is 59.3 Å². The third-order valence-electron chi connectivity index (χ3n) is 2.56. The predicted molar refractivity (Wildman–Crippen MR) is 73.1 cm³/mol. The van der Waals surface area contributed by atoms with E-state index in [1.165, 1.54) is 6.92 Å². The molecule has 0 radical (unpaired) electrons. The highest BCUT2D eigenvalue weighted by atomic mass is 16.5. The SMILES string of the molecule is CC(=O)O[C@H](C#N)c1ccc(Oc2ccccc2)cc1. The van der Waals surface area contributed by atoms with Crippen molar-refractivity contribution < 1.29 is 14.3 Å². The number of benzene rings is 2. The van der Waals surface area contributed by atoms with E-state index in [0.29, 0.717) is 11.3 Å². The molecule has 0 aliphatic carbocycles. The number of rotatable bonds is 4. The molecule has 0 N–H and O–H groups in total. The number of nitriles is 1. The maximum Gasteiger partial charge on any atom is 0.304 e. The van der Waals surface area contributed by atoms with Crippen LogP contribution in [0.5, 0.6) is 11.5 Å². The number of esters is 1. The summed E-state index contributed by atoms with van der Waals surface area (Å²) in [6.45, 7) is 1.28. The Labute approximate surface area is 117 Å². The van der Waals surface area contributed by atoms with Crippen LogP contribution in [-0.4, -0.2) is 5.97 Å². The minimum Gasteiger partial charge on any atom is -0.457 e. The number of nitrogens with zero attached hydrogens (tertiary/aromatic N) is 1. The van der Waals surface area contributed by atoms with Gasteiger partial charge in [-0.05, 0) is 24.3 Å². The zero-order valence-electron chi connectivity index (χ0n) is 10.9. The molecule has 4 nitrogen and oxygen atoms in total. The smallest absolute Gasteiger partial charge is 0.304 e. The highest BCUT2D eigenvalue weighted by Crippen LogP contribution is 2.24. The summed E-state index contributed by atoms with van der Waals surface area (Å²) >= 11 is 0. The monoisotopic (exact) mass is 267 g/mol. The summed E-state index contributed by atoms with van der Waals surface area (Å²) in [7, 11) is 0. The first-order valence-corrected chi connectivity index (χ1v) is 6.09. The highest BCUT2D eigenvalue weighted by molar-refractivity contribution is 5.66. The van der Waals surface area contributed by atoms with E-state index in [-0.39, 0.29) is 0 Å². The van der Waals surface area contributed by atoms with Gasteiger partial charge in [0.05, 0.1) is 0 Å². The molecule has 0 fully saturated rings. The van der Waals surface area contributed by atoms with Crippen molar-refractivity contribution in [1.82, 2.24) is 0 Å². The summed E-state index contributed by atoms with van der Waals surface area (Å²) in [6.07, 6.45) is -0.890. The standard InChI is InChI=1S/C16H13NO3/c1-12(18)19-16(11-17)13-7-9-15(10-8-13)20-14-5-3-2-4-6-14/h2-10,16H,1H3/t16-/m1/s1. The number of hydrogen-bond donors (Lipinski definition) is 0. The molecule has 100 valence electrons. The van der Waals surface area contributed by atoms with E-state index in [1.54, 1.807) is 24.3 Å². The number of carbonyl (C=O) groups is 1. The van der Waals surface area contributed by atoms with Crippen LogP contribution in [0.4, 0.5) is 0 Å². The van der Waals surface area contributed by atoms with Crippen LogP contribution < -0.4 is 4.74 Å². The molecule has 20 heavy (non-hydrogen) atoms. The molecule has 0 saturated carbocycles. The quantitative estimate of drug-likeness (QED) is 0.794. The van der Waals surface area contributed by atoms with Crippen molar-refractivity contribution in [3.63, 3.8) is 0 Å².